The average Bonchev–Trinajstić information content (AvgIpc) is 3.15. The number of carbonyl (C=O) groups is 2. The molecule has 0 aliphatic carbocycles. The molecule has 0 saturated heterocycles. The van der Waals surface area contributed by atoms with E-state index < -0.39 is 11.4 Å². The van der Waals surface area contributed by atoms with Crippen molar-refractivity contribution in [3.63, 3.8) is 0 Å². The van der Waals surface area contributed by atoms with Crippen LogP contribution in [0.4, 0.5) is 0 Å². The van der Waals surface area contributed by atoms with Crippen molar-refractivity contribution < 1.29 is 14.3 Å². The van der Waals surface area contributed by atoms with Crippen molar-refractivity contribution in [3.05, 3.63) is 52.0 Å². The molecule has 0 unspecified atom stereocenters. The maximum absolute atomic E-state index is 12.4. The fourth-order valence-corrected chi connectivity index (χ4v) is 3.66. The second kappa shape index (κ2) is 7.27. The first-order valence-electron chi connectivity index (χ1n) is 8.88. The SMILES string of the molecule is Cc1ccc(Cn2nc(C)c3cc(C(=O)OCC(=O)C(C)(C)C)sc32)cc1. The molecular formula is C21H24N2O3S. The second-order valence-electron chi connectivity index (χ2n) is 7.81. The van der Waals surface area contributed by atoms with Gasteiger partial charge >= 0.3 is 5.97 Å². The smallest absolute Gasteiger partial charge is 0.348 e. The first-order valence-corrected chi connectivity index (χ1v) is 9.70. The molecular weight excluding hydrogens is 360 g/mol. The fraction of sp³-hybridized carbons (Fsp3) is 0.381. The van der Waals surface area contributed by atoms with E-state index in [-0.39, 0.29) is 12.4 Å². The highest BCUT2D eigenvalue weighted by Crippen LogP contribution is 2.29. The molecule has 2 aromatic heterocycles. The lowest BCUT2D eigenvalue weighted by molar-refractivity contribution is -0.129. The lowest BCUT2D eigenvalue weighted by atomic mass is 9.91. The summed E-state index contributed by atoms with van der Waals surface area (Å²) in [4.78, 5) is 25.8. The lowest BCUT2D eigenvalue weighted by Crippen LogP contribution is -2.26. The van der Waals surface area contributed by atoms with Gasteiger partial charge in [-0.05, 0) is 25.5 Å². The Labute approximate surface area is 163 Å². The van der Waals surface area contributed by atoms with Gasteiger partial charge in [0.05, 0.1) is 12.2 Å². The zero-order chi connectivity index (χ0) is 19.8. The molecule has 3 rings (SSSR count). The van der Waals surface area contributed by atoms with E-state index in [2.05, 4.69) is 36.3 Å². The van der Waals surface area contributed by atoms with E-state index in [9.17, 15) is 9.59 Å². The van der Waals surface area contributed by atoms with Crippen LogP contribution >= 0.6 is 11.3 Å². The molecule has 0 fully saturated rings. The third kappa shape index (κ3) is 4.27. The number of carbonyl (C=O) groups excluding carboxylic acids is 2. The van der Waals surface area contributed by atoms with Crippen LogP contribution in [0, 0.1) is 19.3 Å². The lowest BCUT2D eigenvalue weighted by Gasteiger charge is -2.15. The van der Waals surface area contributed by atoms with Gasteiger partial charge in [0, 0.05) is 10.8 Å². The first-order chi connectivity index (χ1) is 12.6. The normalized spacial score (nSPS) is 11.7. The predicted molar refractivity (Wildman–Crippen MR) is 107 cm³/mol. The van der Waals surface area contributed by atoms with Crippen molar-refractivity contribution in [2.24, 2.45) is 5.41 Å². The minimum atomic E-state index is -0.522. The Morgan fingerprint density at radius 3 is 2.44 bits per heavy atom. The van der Waals surface area contributed by atoms with Gasteiger partial charge in [-0.2, -0.15) is 5.10 Å². The fourth-order valence-electron chi connectivity index (χ4n) is 2.61. The van der Waals surface area contributed by atoms with Crippen molar-refractivity contribution in [3.8, 4) is 0 Å². The number of esters is 1. The van der Waals surface area contributed by atoms with Gasteiger partial charge in [0.15, 0.2) is 12.4 Å². The molecule has 0 aliphatic rings. The molecule has 5 nitrogen and oxygen atoms in total. The summed E-state index contributed by atoms with van der Waals surface area (Å²) < 4.78 is 7.13. The highest BCUT2D eigenvalue weighted by molar-refractivity contribution is 7.20. The molecule has 142 valence electrons. The van der Waals surface area contributed by atoms with Gasteiger partial charge in [-0.1, -0.05) is 50.6 Å². The van der Waals surface area contributed by atoms with E-state index in [4.69, 9.17) is 4.74 Å². The number of Topliss-reactive ketones (excluding diaryl/α,β-unsaturated/α-hetero) is 1. The number of fused-ring (bicyclic) bond motifs is 1. The number of ether oxygens (including phenoxy) is 1. The maximum atomic E-state index is 12.4. The Bertz CT molecular complexity index is 991. The summed E-state index contributed by atoms with van der Waals surface area (Å²) in [5, 5.41) is 5.54. The molecule has 0 atom stereocenters. The molecule has 0 saturated carbocycles. The number of aromatic nitrogens is 2. The van der Waals surface area contributed by atoms with Crippen LogP contribution in [0.3, 0.4) is 0 Å². The zero-order valence-corrected chi connectivity index (χ0v) is 17.1. The molecule has 0 N–H and O–H groups in total. The number of thiophene rings is 1. The molecule has 1 aromatic carbocycles. The number of benzene rings is 1. The number of ketones is 1. The average molecular weight is 385 g/mol. The Balaban J connectivity index is 1.80. The summed E-state index contributed by atoms with van der Waals surface area (Å²) in [6.45, 7) is 9.86. The topological polar surface area (TPSA) is 61.2 Å². The van der Waals surface area contributed by atoms with E-state index in [1.807, 2.05) is 32.4 Å². The zero-order valence-electron chi connectivity index (χ0n) is 16.3. The van der Waals surface area contributed by atoms with E-state index >= 15 is 0 Å². The van der Waals surface area contributed by atoms with Crippen molar-refractivity contribution in [2.45, 2.75) is 41.2 Å². The van der Waals surface area contributed by atoms with E-state index in [1.165, 1.54) is 16.9 Å². The number of rotatable bonds is 5. The molecule has 0 bridgehead atoms. The van der Waals surface area contributed by atoms with Gasteiger partial charge in [-0.3, -0.25) is 9.48 Å². The highest BCUT2D eigenvalue weighted by Gasteiger charge is 2.24. The van der Waals surface area contributed by atoms with E-state index in [1.54, 1.807) is 6.07 Å². The van der Waals surface area contributed by atoms with Crippen LogP contribution in [-0.4, -0.2) is 28.1 Å². The molecule has 27 heavy (non-hydrogen) atoms. The second-order valence-corrected chi connectivity index (χ2v) is 8.84. The number of aryl methyl sites for hydroxylation is 2. The summed E-state index contributed by atoms with van der Waals surface area (Å²) in [7, 11) is 0. The van der Waals surface area contributed by atoms with Gasteiger partial charge < -0.3 is 4.74 Å². The van der Waals surface area contributed by atoms with Crippen molar-refractivity contribution in [1.82, 2.24) is 9.78 Å². The summed E-state index contributed by atoms with van der Waals surface area (Å²) in [5.74, 6) is -0.561. The number of nitrogens with zero attached hydrogens (tertiary/aromatic N) is 2. The van der Waals surface area contributed by atoms with Gasteiger partial charge in [0.25, 0.3) is 0 Å². The molecule has 0 spiro atoms. The quantitative estimate of drug-likeness (QED) is 0.606. The van der Waals surface area contributed by atoms with E-state index in [0.717, 1.165) is 21.5 Å². The minimum Gasteiger partial charge on any atom is -0.453 e. The van der Waals surface area contributed by atoms with Gasteiger partial charge in [-0.15, -0.1) is 11.3 Å². The number of hydrogen-bond acceptors (Lipinski definition) is 5. The van der Waals surface area contributed by atoms with Gasteiger partial charge in [0.2, 0.25) is 0 Å². The number of hydrogen-bond donors (Lipinski definition) is 0. The molecule has 0 amide bonds. The Hall–Kier alpha value is -2.47. The largest absolute Gasteiger partial charge is 0.453 e. The van der Waals surface area contributed by atoms with Crippen molar-refractivity contribution in [1.29, 1.82) is 0 Å². The third-order valence-corrected chi connectivity index (χ3v) is 5.56. The maximum Gasteiger partial charge on any atom is 0.348 e. The molecule has 2 heterocycles. The summed E-state index contributed by atoms with van der Waals surface area (Å²) in [5.41, 5.74) is 2.72. The van der Waals surface area contributed by atoms with E-state index in [0.29, 0.717) is 11.4 Å². The van der Waals surface area contributed by atoms with Crippen molar-refractivity contribution in [2.75, 3.05) is 6.61 Å². The van der Waals surface area contributed by atoms with Crippen LogP contribution in [0.5, 0.6) is 0 Å². The third-order valence-electron chi connectivity index (χ3n) is 4.43. The predicted octanol–water partition coefficient (Wildman–Crippen LogP) is 4.53. The monoisotopic (exact) mass is 384 g/mol. The van der Waals surface area contributed by atoms with Crippen LogP contribution < -0.4 is 0 Å². The summed E-state index contributed by atoms with van der Waals surface area (Å²) in [6.07, 6.45) is 0. The standard InChI is InChI=1S/C21H24N2O3S/c1-13-6-8-15(9-7-13)11-23-19-16(14(2)22-23)10-17(27-19)20(25)26-12-18(24)21(3,4)5/h6-10H,11-12H2,1-5H3. The minimum absolute atomic E-state index is 0.0984. The Morgan fingerprint density at radius 2 is 1.81 bits per heavy atom. The van der Waals surface area contributed by atoms with Crippen LogP contribution in [0.1, 0.15) is 47.3 Å². The van der Waals surface area contributed by atoms with Crippen LogP contribution in [0.15, 0.2) is 30.3 Å². The summed E-state index contributed by atoms with van der Waals surface area (Å²) in [6, 6.07) is 10.1. The summed E-state index contributed by atoms with van der Waals surface area (Å²) >= 11 is 1.35. The van der Waals surface area contributed by atoms with Gasteiger partial charge in [0.1, 0.15) is 9.71 Å². The molecule has 3 aromatic rings. The highest BCUT2D eigenvalue weighted by atomic mass is 32.1. The van der Waals surface area contributed by atoms with Crippen molar-refractivity contribution >= 4 is 33.3 Å². The van der Waals surface area contributed by atoms with Gasteiger partial charge in [-0.25, -0.2) is 4.79 Å². The molecule has 0 radical (unpaired) electrons. The van der Waals surface area contributed by atoms with Crippen LogP contribution in [0.25, 0.3) is 10.2 Å². The van der Waals surface area contributed by atoms with Crippen LogP contribution in [0.2, 0.25) is 0 Å². The molecule has 6 heteroatoms. The van der Waals surface area contributed by atoms with Crippen LogP contribution in [-0.2, 0) is 16.1 Å². The molecule has 0 aliphatic heterocycles. The first kappa shape index (κ1) is 19.3. The Kier molecular flexibility index (Phi) is 5.20. The Morgan fingerprint density at radius 1 is 1.15 bits per heavy atom.